The Morgan fingerprint density at radius 2 is 2.00 bits per heavy atom. The third-order valence-electron chi connectivity index (χ3n) is 4.29. The number of pyridine rings is 1. The molecule has 154 valence electrons. The Balaban J connectivity index is 1.70. The number of nitrogens with zero attached hydrogens (tertiary/aromatic N) is 4. The number of rotatable bonds is 4. The SMILES string of the molecule is CCn1nc(N)c2cc(NC(=O)c3nc(-c4ccccc4)oc3C(F)(F)F)cnc21. The largest absolute Gasteiger partial charge is 0.452 e. The van der Waals surface area contributed by atoms with Crippen LogP contribution in [-0.4, -0.2) is 25.7 Å². The number of halogens is 3. The van der Waals surface area contributed by atoms with Gasteiger partial charge in [-0.2, -0.15) is 18.3 Å². The standard InChI is InChI=1S/C19H15F3N6O2/c1-2-28-16-12(15(23)27-28)8-11(9-24-16)25-17(29)13-14(19(20,21)22)30-18(26-13)10-6-4-3-5-7-10/h3-9H,2H2,1H3,(H2,23,27)(H,25,29). The number of fused-ring (bicyclic) bond motifs is 1. The van der Waals surface area contributed by atoms with Crippen molar-refractivity contribution in [3.05, 3.63) is 54.0 Å². The number of hydrogen-bond acceptors (Lipinski definition) is 6. The van der Waals surface area contributed by atoms with E-state index in [4.69, 9.17) is 10.2 Å². The van der Waals surface area contributed by atoms with Gasteiger partial charge in [-0.25, -0.2) is 14.6 Å². The van der Waals surface area contributed by atoms with E-state index in [1.54, 1.807) is 22.9 Å². The van der Waals surface area contributed by atoms with Crippen LogP contribution in [0.15, 0.2) is 47.0 Å². The van der Waals surface area contributed by atoms with E-state index >= 15 is 0 Å². The molecular weight excluding hydrogens is 401 g/mol. The number of anilines is 2. The molecule has 1 aromatic carbocycles. The summed E-state index contributed by atoms with van der Waals surface area (Å²) in [5, 5.41) is 6.95. The Kier molecular flexibility index (Phi) is 4.65. The highest BCUT2D eigenvalue weighted by atomic mass is 19.4. The van der Waals surface area contributed by atoms with Gasteiger partial charge in [-0.1, -0.05) is 18.2 Å². The van der Waals surface area contributed by atoms with Crippen molar-refractivity contribution in [2.75, 3.05) is 11.1 Å². The van der Waals surface area contributed by atoms with Crippen molar-refractivity contribution in [2.45, 2.75) is 19.6 Å². The quantitative estimate of drug-likeness (QED) is 0.521. The van der Waals surface area contributed by atoms with Crippen molar-refractivity contribution in [3.8, 4) is 11.5 Å². The number of amides is 1. The summed E-state index contributed by atoms with van der Waals surface area (Å²) in [6, 6.07) is 9.47. The summed E-state index contributed by atoms with van der Waals surface area (Å²) in [4.78, 5) is 20.6. The number of hydrogen-bond donors (Lipinski definition) is 2. The van der Waals surface area contributed by atoms with Gasteiger partial charge >= 0.3 is 6.18 Å². The zero-order valence-corrected chi connectivity index (χ0v) is 15.6. The number of nitrogens with two attached hydrogens (primary N) is 1. The lowest BCUT2D eigenvalue weighted by Gasteiger charge is -2.06. The van der Waals surface area contributed by atoms with E-state index in [1.165, 1.54) is 24.4 Å². The van der Waals surface area contributed by atoms with Crippen molar-refractivity contribution < 1.29 is 22.4 Å². The summed E-state index contributed by atoms with van der Waals surface area (Å²) in [6.07, 6.45) is -3.60. The number of aryl methyl sites for hydroxylation is 1. The third-order valence-corrected chi connectivity index (χ3v) is 4.29. The lowest BCUT2D eigenvalue weighted by molar-refractivity contribution is -0.153. The van der Waals surface area contributed by atoms with E-state index < -0.39 is 23.5 Å². The zero-order chi connectivity index (χ0) is 21.5. The van der Waals surface area contributed by atoms with Crippen molar-refractivity contribution in [3.63, 3.8) is 0 Å². The van der Waals surface area contributed by atoms with Crippen LogP contribution in [0.1, 0.15) is 23.2 Å². The molecule has 0 fully saturated rings. The monoisotopic (exact) mass is 416 g/mol. The number of oxazole rings is 1. The van der Waals surface area contributed by atoms with Gasteiger partial charge in [-0.05, 0) is 25.1 Å². The van der Waals surface area contributed by atoms with Crippen molar-refractivity contribution in [1.29, 1.82) is 0 Å². The maximum atomic E-state index is 13.4. The zero-order valence-electron chi connectivity index (χ0n) is 15.6. The van der Waals surface area contributed by atoms with E-state index in [0.717, 1.165) is 0 Å². The molecule has 0 radical (unpaired) electrons. The summed E-state index contributed by atoms with van der Waals surface area (Å²) < 4.78 is 46.7. The average Bonchev–Trinajstić information content (AvgIpc) is 3.31. The fourth-order valence-corrected chi connectivity index (χ4v) is 2.93. The van der Waals surface area contributed by atoms with Crippen LogP contribution >= 0.6 is 0 Å². The minimum Gasteiger partial charge on any atom is -0.431 e. The molecule has 0 aliphatic heterocycles. The molecule has 0 saturated heterocycles. The van der Waals surface area contributed by atoms with Crippen LogP contribution in [0.4, 0.5) is 24.7 Å². The molecule has 0 aliphatic rings. The Morgan fingerprint density at radius 1 is 1.27 bits per heavy atom. The molecule has 3 N–H and O–H groups in total. The minimum absolute atomic E-state index is 0.146. The summed E-state index contributed by atoms with van der Waals surface area (Å²) in [7, 11) is 0. The molecule has 1 amide bonds. The Labute approximate surface area is 167 Å². The molecule has 4 rings (SSSR count). The number of nitrogen functional groups attached to an aromatic ring is 1. The molecule has 0 aliphatic carbocycles. The van der Waals surface area contributed by atoms with Crippen molar-refractivity contribution in [2.24, 2.45) is 0 Å². The van der Waals surface area contributed by atoms with Gasteiger partial charge in [0.25, 0.3) is 5.91 Å². The lowest BCUT2D eigenvalue weighted by atomic mass is 10.2. The van der Waals surface area contributed by atoms with Gasteiger partial charge in [-0.15, -0.1) is 0 Å². The highest BCUT2D eigenvalue weighted by Crippen LogP contribution is 2.35. The highest BCUT2D eigenvalue weighted by Gasteiger charge is 2.42. The van der Waals surface area contributed by atoms with Gasteiger partial charge in [0.15, 0.2) is 17.2 Å². The van der Waals surface area contributed by atoms with Crippen LogP contribution < -0.4 is 11.1 Å². The maximum absolute atomic E-state index is 13.4. The fraction of sp³-hybridized carbons (Fsp3) is 0.158. The van der Waals surface area contributed by atoms with Gasteiger partial charge < -0.3 is 15.5 Å². The first-order valence-corrected chi connectivity index (χ1v) is 8.84. The first-order valence-electron chi connectivity index (χ1n) is 8.84. The lowest BCUT2D eigenvalue weighted by Crippen LogP contribution is -2.18. The Bertz CT molecular complexity index is 1230. The van der Waals surface area contributed by atoms with Gasteiger partial charge in [0.05, 0.1) is 17.3 Å². The Morgan fingerprint density at radius 3 is 2.67 bits per heavy atom. The normalized spacial score (nSPS) is 11.7. The van der Waals surface area contributed by atoms with E-state index in [2.05, 4.69) is 20.4 Å². The smallest absolute Gasteiger partial charge is 0.431 e. The van der Waals surface area contributed by atoms with E-state index in [0.29, 0.717) is 23.1 Å². The number of benzene rings is 1. The molecule has 0 bridgehead atoms. The summed E-state index contributed by atoms with van der Waals surface area (Å²) >= 11 is 0. The van der Waals surface area contributed by atoms with Crippen LogP contribution in [0.3, 0.4) is 0 Å². The number of nitrogens with one attached hydrogen (secondary N) is 1. The summed E-state index contributed by atoms with van der Waals surface area (Å²) in [5.74, 6) is -2.68. The topological polar surface area (TPSA) is 112 Å². The van der Waals surface area contributed by atoms with Crippen LogP contribution in [0.5, 0.6) is 0 Å². The van der Waals surface area contributed by atoms with E-state index in [1.807, 2.05) is 6.92 Å². The Hall–Kier alpha value is -3.89. The predicted molar refractivity (Wildman–Crippen MR) is 103 cm³/mol. The second-order valence-electron chi connectivity index (χ2n) is 6.31. The fourth-order valence-electron chi connectivity index (χ4n) is 2.93. The first kappa shape index (κ1) is 19.4. The number of carbonyl (C=O) groups is 1. The molecule has 30 heavy (non-hydrogen) atoms. The molecule has 0 unspecified atom stereocenters. The molecule has 3 aromatic heterocycles. The van der Waals surface area contributed by atoms with Crippen LogP contribution in [0, 0.1) is 0 Å². The maximum Gasteiger partial charge on any atom is 0.452 e. The highest BCUT2D eigenvalue weighted by molar-refractivity contribution is 6.05. The molecule has 3 heterocycles. The molecule has 0 spiro atoms. The second kappa shape index (κ2) is 7.17. The molecular formula is C19H15F3N6O2. The summed E-state index contributed by atoms with van der Waals surface area (Å²) in [6.45, 7) is 2.39. The second-order valence-corrected chi connectivity index (χ2v) is 6.31. The molecule has 11 heteroatoms. The summed E-state index contributed by atoms with van der Waals surface area (Å²) in [5.41, 5.74) is 5.93. The van der Waals surface area contributed by atoms with Crippen molar-refractivity contribution >= 4 is 28.4 Å². The molecule has 4 aromatic rings. The number of aromatic nitrogens is 4. The van der Waals surface area contributed by atoms with Gasteiger partial charge in [0, 0.05) is 12.1 Å². The van der Waals surface area contributed by atoms with Gasteiger partial charge in [-0.3, -0.25) is 4.79 Å². The van der Waals surface area contributed by atoms with Crippen LogP contribution in [0.25, 0.3) is 22.5 Å². The predicted octanol–water partition coefficient (Wildman–Crippen LogP) is 3.96. The minimum atomic E-state index is -4.90. The van der Waals surface area contributed by atoms with E-state index in [-0.39, 0.29) is 17.4 Å². The number of alkyl halides is 3. The molecule has 8 nitrogen and oxygen atoms in total. The van der Waals surface area contributed by atoms with Gasteiger partial charge in [0.1, 0.15) is 0 Å². The van der Waals surface area contributed by atoms with E-state index in [9.17, 15) is 18.0 Å². The first-order chi connectivity index (χ1) is 14.3. The third kappa shape index (κ3) is 3.45. The van der Waals surface area contributed by atoms with Crippen LogP contribution in [0.2, 0.25) is 0 Å². The molecule has 0 atom stereocenters. The average molecular weight is 416 g/mol. The van der Waals surface area contributed by atoms with Crippen LogP contribution in [-0.2, 0) is 12.7 Å². The van der Waals surface area contributed by atoms with Crippen molar-refractivity contribution in [1.82, 2.24) is 19.7 Å². The van der Waals surface area contributed by atoms with Gasteiger partial charge in [0.2, 0.25) is 11.7 Å². The molecule has 0 saturated carbocycles. The number of carbonyl (C=O) groups excluding carboxylic acids is 1.